The minimum atomic E-state index is -0.0621. The normalized spacial score (nSPS) is 15.6. The molecule has 1 aliphatic rings. The highest BCUT2D eigenvalue weighted by Gasteiger charge is 2.26. The van der Waals surface area contributed by atoms with Crippen molar-refractivity contribution in [3.8, 4) is 11.5 Å². The summed E-state index contributed by atoms with van der Waals surface area (Å²) in [4.78, 5) is 2.27. The second kappa shape index (κ2) is 5.32. The Morgan fingerprint density at radius 3 is 2.52 bits per heavy atom. The maximum Gasteiger partial charge on any atom is 0.124 e. The first kappa shape index (κ1) is 13.8. The lowest BCUT2D eigenvalue weighted by molar-refractivity contribution is 0.426. The largest absolute Gasteiger partial charge is 0.507 e. The lowest BCUT2D eigenvalue weighted by Gasteiger charge is -2.37. The summed E-state index contributed by atoms with van der Waals surface area (Å²) in [5.74, 6) is 0.309. The average molecular weight is 283 g/mol. The zero-order valence-electron chi connectivity index (χ0n) is 12.5. The molecule has 1 heterocycles. The summed E-state index contributed by atoms with van der Waals surface area (Å²) in [6.45, 7) is 5.08. The van der Waals surface area contributed by atoms with Crippen LogP contribution >= 0.6 is 0 Å². The van der Waals surface area contributed by atoms with Gasteiger partial charge in [-0.2, -0.15) is 0 Å². The van der Waals surface area contributed by atoms with Gasteiger partial charge in [-0.3, -0.25) is 0 Å². The van der Waals surface area contributed by atoms with Crippen LogP contribution in [0.1, 0.15) is 36.1 Å². The van der Waals surface area contributed by atoms with E-state index < -0.39 is 0 Å². The molecule has 2 N–H and O–H groups in total. The maximum absolute atomic E-state index is 10.1. The second-order valence-corrected chi connectivity index (χ2v) is 5.82. The van der Waals surface area contributed by atoms with Crippen LogP contribution in [0.4, 0.5) is 5.69 Å². The fourth-order valence-corrected chi connectivity index (χ4v) is 3.28. The number of rotatable bonds is 2. The van der Waals surface area contributed by atoms with Gasteiger partial charge in [0.25, 0.3) is 0 Å². The summed E-state index contributed by atoms with van der Waals surface area (Å²) in [5.41, 5.74) is 4.43. The summed E-state index contributed by atoms with van der Waals surface area (Å²) >= 11 is 0. The molecular formula is C18H21NO2. The Balaban J connectivity index is 2.02. The molecule has 0 amide bonds. The molecule has 0 saturated heterocycles. The van der Waals surface area contributed by atoms with Gasteiger partial charge in [0.2, 0.25) is 0 Å². The van der Waals surface area contributed by atoms with Gasteiger partial charge in [-0.15, -0.1) is 0 Å². The topological polar surface area (TPSA) is 43.7 Å². The number of hydrogen-bond acceptors (Lipinski definition) is 3. The van der Waals surface area contributed by atoms with E-state index in [9.17, 15) is 10.2 Å². The standard InChI is InChI=1S/C18H21NO2/c1-12-8-9-15-14(11-12)5-4-10-19(15)13(2)18-16(20)6-3-7-17(18)21/h3,6-9,11,13,20-21H,4-5,10H2,1-2H3. The van der Waals surface area contributed by atoms with Crippen molar-refractivity contribution < 1.29 is 10.2 Å². The van der Waals surface area contributed by atoms with E-state index in [4.69, 9.17) is 0 Å². The molecule has 2 aromatic carbocycles. The van der Waals surface area contributed by atoms with Crippen molar-refractivity contribution >= 4 is 5.69 Å². The van der Waals surface area contributed by atoms with Crippen molar-refractivity contribution in [2.75, 3.05) is 11.4 Å². The van der Waals surface area contributed by atoms with Crippen molar-refractivity contribution in [2.24, 2.45) is 0 Å². The molecule has 110 valence electrons. The van der Waals surface area contributed by atoms with Crippen LogP contribution in [0.2, 0.25) is 0 Å². The molecule has 0 spiro atoms. The van der Waals surface area contributed by atoms with Gasteiger partial charge in [-0.05, 0) is 50.5 Å². The van der Waals surface area contributed by atoms with E-state index in [0.717, 1.165) is 19.4 Å². The second-order valence-electron chi connectivity index (χ2n) is 5.82. The Morgan fingerprint density at radius 1 is 1.10 bits per heavy atom. The van der Waals surface area contributed by atoms with E-state index >= 15 is 0 Å². The number of benzene rings is 2. The predicted octanol–water partition coefficient (Wildman–Crippen LogP) is 3.92. The van der Waals surface area contributed by atoms with Crippen molar-refractivity contribution in [1.29, 1.82) is 0 Å². The van der Waals surface area contributed by atoms with Crippen molar-refractivity contribution in [1.82, 2.24) is 0 Å². The molecule has 0 radical (unpaired) electrons. The molecule has 0 aliphatic carbocycles. The molecule has 1 atom stereocenters. The minimum Gasteiger partial charge on any atom is -0.507 e. The highest BCUT2D eigenvalue weighted by Crippen LogP contribution is 2.40. The molecular weight excluding hydrogens is 262 g/mol. The molecule has 3 heteroatoms. The number of aryl methyl sites for hydroxylation is 2. The van der Waals surface area contributed by atoms with Crippen molar-refractivity contribution in [2.45, 2.75) is 32.7 Å². The molecule has 1 aliphatic heterocycles. The van der Waals surface area contributed by atoms with E-state index in [-0.39, 0.29) is 17.5 Å². The Bertz CT molecular complexity index is 646. The third-order valence-electron chi connectivity index (χ3n) is 4.33. The molecule has 0 aromatic heterocycles. The molecule has 0 fully saturated rings. The molecule has 21 heavy (non-hydrogen) atoms. The lowest BCUT2D eigenvalue weighted by atomic mass is 9.96. The van der Waals surface area contributed by atoms with E-state index in [1.807, 2.05) is 6.92 Å². The first-order valence-electron chi connectivity index (χ1n) is 7.45. The molecule has 1 unspecified atom stereocenters. The summed E-state index contributed by atoms with van der Waals surface area (Å²) in [7, 11) is 0. The van der Waals surface area contributed by atoms with Crippen LogP contribution in [0.25, 0.3) is 0 Å². The van der Waals surface area contributed by atoms with Crippen molar-refractivity contribution in [3.05, 3.63) is 53.1 Å². The summed E-state index contributed by atoms with van der Waals surface area (Å²) in [5, 5.41) is 20.2. The van der Waals surface area contributed by atoms with Gasteiger partial charge in [0.1, 0.15) is 11.5 Å². The van der Waals surface area contributed by atoms with Crippen LogP contribution in [0.3, 0.4) is 0 Å². The van der Waals surface area contributed by atoms with Crippen LogP contribution in [-0.4, -0.2) is 16.8 Å². The Kier molecular flexibility index (Phi) is 3.50. The highest BCUT2D eigenvalue weighted by atomic mass is 16.3. The lowest BCUT2D eigenvalue weighted by Crippen LogP contribution is -2.32. The number of hydrogen-bond donors (Lipinski definition) is 2. The average Bonchev–Trinajstić information content (AvgIpc) is 2.46. The smallest absolute Gasteiger partial charge is 0.124 e. The molecule has 0 bridgehead atoms. The number of phenolic OH excluding ortho intramolecular Hbond substituents is 2. The molecule has 0 saturated carbocycles. The van der Waals surface area contributed by atoms with Crippen molar-refractivity contribution in [3.63, 3.8) is 0 Å². The quantitative estimate of drug-likeness (QED) is 0.878. The van der Waals surface area contributed by atoms with Crippen LogP contribution in [0.5, 0.6) is 11.5 Å². The zero-order valence-corrected chi connectivity index (χ0v) is 12.5. The van der Waals surface area contributed by atoms with Crippen LogP contribution in [0, 0.1) is 6.92 Å². The SMILES string of the molecule is Cc1ccc2c(c1)CCCN2C(C)c1c(O)cccc1O. The Labute approximate surface area is 125 Å². The third kappa shape index (κ3) is 2.44. The summed E-state index contributed by atoms with van der Waals surface area (Å²) < 4.78 is 0. The van der Waals surface area contributed by atoms with Crippen LogP contribution < -0.4 is 4.90 Å². The number of fused-ring (bicyclic) bond motifs is 1. The number of phenols is 2. The van der Waals surface area contributed by atoms with Crippen LogP contribution in [0.15, 0.2) is 36.4 Å². The van der Waals surface area contributed by atoms with E-state index in [0.29, 0.717) is 5.56 Å². The summed E-state index contributed by atoms with van der Waals surface area (Å²) in [6.07, 6.45) is 2.18. The number of anilines is 1. The fraction of sp³-hybridized carbons (Fsp3) is 0.333. The minimum absolute atomic E-state index is 0.0621. The van der Waals surface area contributed by atoms with Crippen LogP contribution in [-0.2, 0) is 6.42 Å². The monoisotopic (exact) mass is 283 g/mol. The number of nitrogens with zero attached hydrogens (tertiary/aromatic N) is 1. The maximum atomic E-state index is 10.1. The van der Waals surface area contributed by atoms with Gasteiger partial charge in [0.15, 0.2) is 0 Å². The van der Waals surface area contributed by atoms with Gasteiger partial charge in [-0.25, -0.2) is 0 Å². The predicted molar refractivity (Wildman–Crippen MR) is 85.0 cm³/mol. The first-order chi connectivity index (χ1) is 10.1. The number of aromatic hydroxyl groups is 2. The highest BCUT2D eigenvalue weighted by molar-refractivity contribution is 5.60. The molecule has 3 rings (SSSR count). The Hall–Kier alpha value is -2.16. The fourth-order valence-electron chi connectivity index (χ4n) is 3.28. The van der Waals surface area contributed by atoms with Gasteiger partial charge < -0.3 is 15.1 Å². The zero-order chi connectivity index (χ0) is 15.0. The molecule has 3 nitrogen and oxygen atoms in total. The first-order valence-corrected chi connectivity index (χ1v) is 7.45. The van der Waals surface area contributed by atoms with Gasteiger partial charge in [0.05, 0.1) is 11.6 Å². The van der Waals surface area contributed by atoms with Gasteiger partial charge >= 0.3 is 0 Å². The third-order valence-corrected chi connectivity index (χ3v) is 4.33. The van der Waals surface area contributed by atoms with E-state index in [1.54, 1.807) is 18.2 Å². The Morgan fingerprint density at radius 2 is 1.81 bits per heavy atom. The summed E-state index contributed by atoms with van der Waals surface area (Å²) in [6, 6.07) is 11.4. The van der Waals surface area contributed by atoms with Gasteiger partial charge in [-0.1, -0.05) is 23.8 Å². The molecule has 2 aromatic rings. The van der Waals surface area contributed by atoms with E-state index in [2.05, 4.69) is 30.0 Å². The van der Waals surface area contributed by atoms with E-state index in [1.165, 1.54) is 16.8 Å². The van der Waals surface area contributed by atoms with Gasteiger partial charge in [0, 0.05) is 12.2 Å².